The number of carbonyl (C=O) groups is 1. The maximum atomic E-state index is 11.7. The first-order valence-electron chi connectivity index (χ1n) is 4.93. The van der Waals surface area contributed by atoms with Gasteiger partial charge in [0, 0.05) is 19.6 Å². The van der Waals surface area contributed by atoms with Crippen LogP contribution in [-0.2, 0) is 4.79 Å². The van der Waals surface area contributed by atoms with Gasteiger partial charge in [-0.05, 0) is 69.6 Å². The van der Waals surface area contributed by atoms with Crippen molar-refractivity contribution in [3.63, 3.8) is 0 Å². The SMILES string of the molecule is O=C(Nc1ccc(Br)c(I)c1)C1CCC1. The summed E-state index contributed by atoms with van der Waals surface area (Å²) in [5.74, 6) is 0.408. The lowest BCUT2D eigenvalue weighted by Gasteiger charge is -2.24. The summed E-state index contributed by atoms with van der Waals surface area (Å²) < 4.78 is 2.17. The molecular formula is C11H11BrINO. The van der Waals surface area contributed by atoms with Crippen LogP contribution in [0.4, 0.5) is 5.69 Å². The molecule has 0 aromatic heterocycles. The van der Waals surface area contributed by atoms with E-state index in [-0.39, 0.29) is 11.8 Å². The van der Waals surface area contributed by atoms with Crippen LogP contribution in [0.25, 0.3) is 0 Å². The molecule has 15 heavy (non-hydrogen) atoms. The summed E-state index contributed by atoms with van der Waals surface area (Å²) in [6, 6.07) is 5.85. The Morgan fingerprint density at radius 1 is 1.47 bits per heavy atom. The molecule has 0 unspecified atom stereocenters. The molecule has 1 aliphatic rings. The van der Waals surface area contributed by atoms with Crippen LogP contribution in [0.3, 0.4) is 0 Å². The monoisotopic (exact) mass is 379 g/mol. The first-order chi connectivity index (χ1) is 7.16. The number of hydrogen-bond donors (Lipinski definition) is 1. The van der Waals surface area contributed by atoms with Crippen LogP contribution in [-0.4, -0.2) is 5.91 Å². The summed E-state index contributed by atoms with van der Waals surface area (Å²) in [6.45, 7) is 0. The Labute approximate surface area is 111 Å². The van der Waals surface area contributed by atoms with E-state index in [1.807, 2.05) is 18.2 Å². The lowest BCUT2D eigenvalue weighted by atomic mass is 9.85. The van der Waals surface area contributed by atoms with Crippen molar-refractivity contribution in [2.24, 2.45) is 5.92 Å². The highest BCUT2D eigenvalue weighted by Gasteiger charge is 2.25. The fourth-order valence-electron chi connectivity index (χ4n) is 1.49. The molecule has 1 aromatic rings. The first kappa shape index (κ1) is 11.4. The van der Waals surface area contributed by atoms with E-state index in [0.29, 0.717) is 0 Å². The van der Waals surface area contributed by atoms with E-state index < -0.39 is 0 Å². The molecule has 1 aliphatic carbocycles. The molecule has 2 rings (SSSR count). The number of nitrogens with one attached hydrogen (secondary N) is 1. The molecule has 0 spiro atoms. The van der Waals surface area contributed by atoms with Gasteiger partial charge in [0.05, 0.1) is 0 Å². The topological polar surface area (TPSA) is 29.1 Å². The second-order valence-electron chi connectivity index (χ2n) is 3.75. The van der Waals surface area contributed by atoms with Crippen LogP contribution in [0.2, 0.25) is 0 Å². The van der Waals surface area contributed by atoms with Crippen LogP contribution < -0.4 is 5.32 Å². The van der Waals surface area contributed by atoms with E-state index in [1.54, 1.807) is 0 Å². The third kappa shape index (κ3) is 2.72. The largest absolute Gasteiger partial charge is 0.326 e. The van der Waals surface area contributed by atoms with E-state index >= 15 is 0 Å². The molecule has 0 radical (unpaired) electrons. The van der Waals surface area contributed by atoms with Gasteiger partial charge in [0.1, 0.15) is 0 Å². The molecule has 0 aliphatic heterocycles. The van der Waals surface area contributed by atoms with Crippen LogP contribution in [0.5, 0.6) is 0 Å². The summed E-state index contributed by atoms with van der Waals surface area (Å²) in [7, 11) is 0. The summed E-state index contributed by atoms with van der Waals surface area (Å²) in [5.41, 5.74) is 0.888. The number of anilines is 1. The minimum Gasteiger partial charge on any atom is -0.326 e. The third-order valence-corrected chi connectivity index (χ3v) is 4.99. The predicted octanol–water partition coefficient (Wildman–Crippen LogP) is 3.79. The van der Waals surface area contributed by atoms with Gasteiger partial charge in [-0.2, -0.15) is 0 Å². The van der Waals surface area contributed by atoms with E-state index in [0.717, 1.165) is 26.6 Å². The highest BCUT2D eigenvalue weighted by Crippen LogP contribution is 2.28. The lowest BCUT2D eigenvalue weighted by Crippen LogP contribution is -2.28. The molecule has 1 saturated carbocycles. The maximum Gasteiger partial charge on any atom is 0.227 e. The summed E-state index contributed by atoms with van der Waals surface area (Å²) in [5, 5.41) is 2.95. The van der Waals surface area contributed by atoms with Gasteiger partial charge in [-0.15, -0.1) is 0 Å². The average molecular weight is 380 g/mol. The number of halogens is 2. The number of rotatable bonds is 2. The normalized spacial score (nSPS) is 15.9. The summed E-state index contributed by atoms with van der Waals surface area (Å²) in [6.07, 6.45) is 3.27. The Morgan fingerprint density at radius 2 is 2.20 bits per heavy atom. The average Bonchev–Trinajstić information content (AvgIpc) is 2.08. The number of hydrogen-bond acceptors (Lipinski definition) is 1. The number of amides is 1. The van der Waals surface area contributed by atoms with Crippen molar-refractivity contribution >= 4 is 50.1 Å². The lowest BCUT2D eigenvalue weighted by molar-refractivity contribution is -0.122. The van der Waals surface area contributed by atoms with Crippen LogP contribution >= 0.6 is 38.5 Å². The Balaban J connectivity index is 2.03. The van der Waals surface area contributed by atoms with Crippen molar-refractivity contribution in [1.29, 1.82) is 0 Å². The first-order valence-corrected chi connectivity index (χ1v) is 6.80. The number of carbonyl (C=O) groups excluding carboxylic acids is 1. The van der Waals surface area contributed by atoms with Crippen molar-refractivity contribution < 1.29 is 4.79 Å². The molecule has 1 aromatic carbocycles. The Bertz CT molecular complexity index is 390. The van der Waals surface area contributed by atoms with E-state index in [4.69, 9.17) is 0 Å². The van der Waals surface area contributed by atoms with Crippen LogP contribution in [0.1, 0.15) is 19.3 Å². The smallest absolute Gasteiger partial charge is 0.227 e. The van der Waals surface area contributed by atoms with Gasteiger partial charge in [0.15, 0.2) is 0 Å². The quantitative estimate of drug-likeness (QED) is 0.778. The minimum atomic E-state index is 0.166. The summed E-state index contributed by atoms with van der Waals surface area (Å²) in [4.78, 5) is 11.7. The molecular weight excluding hydrogens is 369 g/mol. The van der Waals surface area contributed by atoms with Crippen molar-refractivity contribution in [3.8, 4) is 0 Å². The molecule has 0 atom stereocenters. The zero-order chi connectivity index (χ0) is 10.8. The zero-order valence-electron chi connectivity index (χ0n) is 8.09. The molecule has 0 saturated heterocycles. The number of benzene rings is 1. The Hall–Kier alpha value is -0.100. The maximum absolute atomic E-state index is 11.7. The van der Waals surface area contributed by atoms with Crippen molar-refractivity contribution in [3.05, 3.63) is 26.2 Å². The zero-order valence-corrected chi connectivity index (χ0v) is 11.8. The van der Waals surface area contributed by atoms with Gasteiger partial charge in [-0.1, -0.05) is 6.42 Å². The Kier molecular flexibility index (Phi) is 3.66. The van der Waals surface area contributed by atoms with Crippen LogP contribution in [0.15, 0.2) is 22.7 Å². The Morgan fingerprint density at radius 3 is 2.73 bits per heavy atom. The highest BCUT2D eigenvalue weighted by atomic mass is 127. The summed E-state index contributed by atoms with van der Waals surface area (Å²) >= 11 is 5.67. The van der Waals surface area contributed by atoms with Gasteiger partial charge < -0.3 is 5.32 Å². The molecule has 80 valence electrons. The fraction of sp³-hybridized carbons (Fsp3) is 0.364. The van der Waals surface area contributed by atoms with Gasteiger partial charge >= 0.3 is 0 Å². The third-order valence-electron chi connectivity index (χ3n) is 2.66. The van der Waals surface area contributed by atoms with Gasteiger partial charge in [-0.25, -0.2) is 0 Å². The van der Waals surface area contributed by atoms with Crippen molar-refractivity contribution in [2.75, 3.05) is 5.32 Å². The van der Waals surface area contributed by atoms with Gasteiger partial charge in [0.2, 0.25) is 5.91 Å². The predicted molar refractivity (Wildman–Crippen MR) is 72.8 cm³/mol. The van der Waals surface area contributed by atoms with E-state index in [9.17, 15) is 4.79 Å². The molecule has 0 heterocycles. The second-order valence-corrected chi connectivity index (χ2v) is 5.76. The van der Waals surface area contributed by atoms with Gasteiger partial charge in [0.25, 0.3) is 0 Å². The van der Waals surface area contributed by atoms with Crippen LogP contribution in [0, 0.1) is 9.49 Å². The van der Waals surface area contributed by atoms with Crippen molar-refractivity contribution in [2.45, 2.75) is 19.3 Å². The van der Waals surface area contributed by atoms with Crippen molar-refractivity contribution in [1.82, 2.24) is 0 Å². The van der Waals surface area contributed by atoms with Gasteiger partial charge in [-0.3, -0.25) is 4.79 Å². The fourth-order valence-corrected chi connectivity index (χ4v) is 2.25. The van der Waals surface area contributed by atoms with E-state index in [1.165, 1.54) is 6.42 Å². The highest BCUT2D eigenvalue weighted by molar-refractivity contribution is 14.1. The molecule has 1 N–H and O–H groups in total. The standard InChI is InChI=1S/C11H11BrINO/c12-9-5-4-8(6-10(9)13)14-11(15)7-2-1-3-7/h4-7H,1-3H2,(H,14,15). The van der Waals surface area contributed by atoms with E-state index in [2.05, 4.69) is 43.8 Å². The molecule has 0 bridgehead atoms. The molecule has 1 amide bonds. The molecule has 2 nitrogen and oxygen atoms in total. The second kappa shape index (κ2) is 4.82. The molecule has 4 heteroatoms. The minimum absolute atomic E-state index is 0.166. The molecule has 1 fully saturated rings.